The van der Waals surface area contributed by atoms with Crippen molar-refractivity contribution in [2.24, 2.45) is 5.10 Å². The second-order valence-corrected chi connectivity index (χ2v) is 7.80. The minimum Gasteiger partial charge on any atom is -0.288 e. The molecule has 3 rings (SSSR count). The Bertz CT molecular complexity index is 1040. The molecule has 3 aromatic rings. The van der Waals surface area contributed by atoms with Crippen LogP contribution in [0, 0.1) is 6.92 Å². The lowest BCUT2D eigenvalue weighted by molar-refractivity contribution is -0.137. The maximum Gasteiger partial charge on any atom is 0.307 e. The van der Waals surface area contributed by atoms with Gasteiger partial charge in [-0.2, -0.15) is 5.10 Å². The van der Waals surface area contributed by atoms with Gasteiger partial charge in [0.05, 0.1) is 6.21 Å². The summed E-state index contributed by atoms with van der Waals surface area (Å²) < 4.78 is 1.86. The quantitative estimate of drug-likeness (QED) is 0.315. The standard InChI is InChI=1S/C21H16Br2N2O2/c1-13-18(22)9-15(10-19(13)23)12-24-25-21(27)20(26)11-14-6-7-16-4-2-3-5-17(16)8-14/h2-10,12H,11H2,1H3,(H,25,27)/b24-12+. The predicted molar refractivity (Wildman–Crippen MR) is 115 cm³/mol. The number of amides is 1. The lowest BCUT2D eigenvalue weighted by Gasteiger charge is -2.04. The van der Waals surface area contributed by atoms with Crippen molar-refractivity contribution in [2.75, 3.05) is 0 Å². The lowest BCUT2D eigenvalue weighted by Crippen LogP contribution is -2.28. The number of hydrogen-bond acceptors (Lipinski definition) is 3. The van der Waals surface area contributed by atoms with Gasteiger partial charge in [0.1, 0.15) is 0 Å². The fourth-order valence-electron chi connectivity index (χ4n) is 2.58. The predicted octanol–water partition coefficient (Wildman–Crippen LogP) is 4.94. The topological polar surface area (TPSA) is 58.5 Å². The number of hydrazone groups is 1. The first-order valence-corrected chi connectivity index (χ1v) is 9.82. The number of halogens is 2. The van der Waals surface area contributed by atoms with E-state index < -0.39 is 11.7 Å². The van der Waals surface area contributed by atoms with Crippen LogP contribution in [0.15, 0.2) is 68.6 Å². The molecule has 3 aromatic carbocycles. The lowest BCUT2D eigenvalue weighted by atomic mass is 10.0. The Balaban J connectivity index is 1.62. The molecular formula is C21H16Br2N2O2. The van der Waals surface area contributed by atoms with E-state index in [1.807, 2.05) is 61.5 Å². The first-order chi connectivity index (χ1) is 12.9. The molecule has 0 aliphatic carbocycles. The van der Waals surface area contributed by atoms with Gasteiger partial charge in [-0.25, -0.2) is 5.43 Å². The van der Waals surface area contributed by atoms with Gasteiger partial charge in [0.15, 0.2) is 0 Å². The van der Waals surface area contributed by atoms with Crippen LogP contribution in [-0.4, -0.2) is 17.9 Å². The van der Waals surface area contributed by atoms with Crippen molar-refractivity contribution in [3.63, 3.8) is 0 Å². The summed E-state index contributed by atoms with van der Waals surface area (Å²) in [7, 11) is 0. The summed E-state index contributed by atoms with van der Waals surface area (Å²) >= 11 is 6.92. The Hall–Kier alpha value is -2.31. The number of hydrogen-bond donors (Lipinski definition) is 1. The first-order valence-electron chi connectivity index (χ1n) is 8.23. The highest BCUT2D eigenvalue weighted by Gasteiger charge is 2.13. The summed E-state index contributed by atoms with van der Waals surface area (Å²) in [6.07, 6.45) is 1.53. The summed E-state index contributed by atoms with van der Waals surface area (Å²) in [5.41, 5.74) is 4.95. The van der Waals surface area contributed by atoms with Crippen LogP contribution in [0.3, 0.4) is 0 Å². The Morgan fingerprint density at radius 3 is 2.37 bits per heavy atom. The van der Waals surface area contributed by atoms with Crippen molar-refractivity contribution in [3.8, 4) is 0 Å². The zero-order valence-electron chi connectivity index (χ0n) is 14.5. The molecule has 0 aliphatic heterocycles. The van der Waals surface area contributed by atoms with Crippen molar-refractivity contribution in [1.82, 2.24) is 5.43 Å². The van der Waals surface area contributed by atoms with E-state index in [2.05, 4.69) is 42.4 Å². The van der Waals surface area contributed by atoms with Crippen LogP contribution in [0.4, 0.5) is 0 Å². The van der Waals surface area contributed by atoms with Gasteiger partial charge in [-0.15, -0.1) is 0 Å². The zero-order valence-corrected chi connectivity index (χ0v) is 17.7. The number of carbonyl (C=O) groups excluding carboxylic acids is 2. The first kappa shape index (κ1) is 19.5. The molecule has 0 bridgehead atoms. The van der Waals surface area contributed by atoms with Crippen LogP contribution in [0.5, 0.6) is 0 Å². The van der Waals surface area contributed by atoms with Gasteiger partial charge in [0.2, 0.25) is 5.78 Å². The monoisotopic (exact) mass is 486 g/mol. The number of Topliss-reactive ketones (excluding diaryl/α,β-unsaturated/α-hetero) is 1. The molecule has 0 spiro atoms. The molecule has 0 unspecified atom stereocenters. The van der Waals surface area contributed by atoms with Crippen molar-refractivity contribution in [1.29, 1.82) is 0 Å². The van der Waals surface area contributed by atoms with Gasteiger partial charge in [0.25, 0.3) is 0 Å². The highest BCUT2D eigenvalue weighted by atomic mass is 79.9. The summed E-state index contributed by atoms with van der Waals surface area (Å²) in [5.74, 6) is -1.27. The molecule has 1 N–H and O–H groups in total. The van der Waals surface area contributed by atoms with E-state index in [0.29, 0.717) is 0 Å². The van der Waals surface area contributed by atoms with Gasteiger partial charge in [-0.1, -0.05) is 74.3 Å². The number of ketones is 1. The summed E-state index contributed by atoms with van der Waals surface area (Å²) in [5, 5.41) is 6.01. The van der Waals surface area contributed by atoms with E-state index in [9.17, 15) is 9.59 Å². The van der Waals surface area contributed by atoms with E-state index in [0.717, 1.165) is 36.4 Å². The molecule has 0 radical (unpaired) electrons. The maximum atomic E-state index is 12.1. The number of fused-ring (bicyclic) bond motifs is 1. The normalized spacial score (nSPS) is 11.1. The Morgan fingerprint density at radius 1 is 1.00 bits per heavy atom. The number of carbonyl (C=O) groups is 2. The zero-order chi connectivity index (χ0) is 19.4. The summed E-state index contributed by atoms with van der Waals surface area (Å²) in [6.45, 7) is 1.97. The van der Waals surface area contributed by atoms with Gasteiger partial charge < -0.3 is 0 Å². The van der Waals surface area contributed by atoms with Crippen LogP contribution in [-0.2, 0) is 16.0 Å². The average molecular weight is 488 g/mol. The second-order valence-electron chi connectivity index (χ2n) is 6.09. The van der Waals surface area contributed by atoms with Crippen molar-refractivity contribution < 1.29 is 9.59 Å². The molecule has 136 valence electrons. The molecule has 0 saturated heterocycles. The van der Waals surface area contributed by atoms with Gasteiger partial charge in [0, 0.05) is 15.4 Å². The van der Waals surface area contributed by atoms with Crippen molar-refractivity contribution in [3.05, 3.63) is 80.2 Å². The van der Waals surface area contributed by atoms with E-state index in [1.165, 1.54) is 6.21 Å². The second kappa shape index (κ2) is 8.59. The van der Waals surface area contributed by atoms with Crippen LogP contribution in [0.2, 0.25) is 0 Å². The van der Waals surface area contributed by atoms with E-state index >= 15 is 0 Å². The number of nitrogens with zero attached hydrogens (tertiary/aromatic N) is 1. The molecule has 0 saturated carbocycles. The minimum absolute atomic E-state index is 0.0355. The third-order valence-electron chi connectivity index (χ3n) is 4.11. The van der Waals surface area contributed by atoms with Gasteiger partial charge >= 0.3 is 5.91 Å². The van der Waals surface area contributed by atoms with E-state index in [1.54, 1.807) is 0 Å². The molecule has 0 aliphatic rings. The maximum absolute atomic E-state index is 12.1. The molecule has 0 fully saturated rings. The number of nitrogens with one attached hydrogen (secondary N) is 1. The van der Waals surface area contributed by atoms with Crippen LogP contribution < -0.4 is 5.43 Å². The molecule has 4 nitrogen and oxygen atoms in total. The highest BCUT2D eigenvalue weighted by molar-refractivity contribution is 9.11. The Kier molecular flexibility index (Phi) is 6.19. The van der Waals surface area contributed by atoms with E-state index in [4.69, 9.17) is 0 Å². The SMILES string of the molecule is Cc1c(Br)cc(/C=N/NC(=O)C(=O)Cc2ccc3ccccc3c2)cc1Br. The molecule has 1 amide bonds. The van der Waals surface area contributed by atoms with Crippen LogP contribution in [0.1, 0.15) is 16.7 Å². The molecule has 0 heterocycles. The summed E-state index contributed by atoms with van der Waals surface area (Å²) in [6, 6.07) is 17.4. The highest BCUT2D eigenvalue weighted by Crippen LogP contribution is 2.25. The fraction of sp³-hybridized carbons (Fsp3) is 0.0952. The third-order valence-corrected chi connectivity index (χ3v) is 5.76. The van der Waals surface area contributed by atoms with Crippen LogP contribution >= 0.6 is 31.9 Å². The van der Waals surface area contributed by atoms with Crippen molar-refractivity contribution in [2.45, 2.75) is 13.3 Å². The Labute approximate surface area is 173 Å². The van der Waals surface area contributed by atoms with E-state index in [-0.39, 0.29) is 6.42 Å². The number of benzene rings is 3. The fourth-order valence-corrected chi connectivity index (χ4v) is 3.80. The van der Waals surface area contributed by atoms with Gasteiger partial charge in [-0.05, 0) is 46.5 Å². The summed E-state index contributed by atoms with van der Waals surface area (Å²) in [4.78, 5) is 24.1. The number of rotatable bonds is 5. The average Bonchev–Trinajstić information content (AvgIpc) is 2.65. The molecular weight excluding hydrogens is 472 g/mol. The van der Waals surface area contributed by atoms with Crippen molar-refractivity contribution >= 4 is 60.5 Å². The molecule has 6 heteroatoms. The molecule has 27 heavy (non-hydrogen) atoms. The molecule has 0 atom stereocenters. The minimum atomic E-state index is -0.732. The molecule has 0 aromatic heterocycles. The van der Waals surface area contributed by atoms with Gasteiger partial charge in [-0.3, -0.25) is 9.59 Å². The largest absolute Gasteiger partial charge is 0.307 e. The third kappa shape index (κ3) is 4.90. The van der Waals surface area contributed by atoms with Crippen LogP contribution in [0.25, 0.3) is 10.8 Å². The Morgan fingerprint density at radius 2 is 1.67 bits per heavy atom. The smallest absolute Gasteiger partial charge is 0.288 e.